The fourth-order valence-corrected chi connectivity index (χ4v) is 4.03. The lowest BCUT2D eigenvalue weighted by Crippen LogP contribution is -2.26. The summed E-state index contributed by atoms with van der Waals surface area (Å²) in [7, 11) is 0. The SMILES string of the molecule is CCc1cc2c(NCCC(=O)NCCC3=CCCCC3)ncnc2s1. The number of allylic oxidation sites excluding steroid dienone is 1. The molecular formula is C19H26N4OS. The highest BCUT2D eigenvalue weighted by atomic mass is 32.1. The number of carbonyl (C=O) groups is 1. The number of hydrogen-bond acceptors (Lipinski definition) is 5. The minimum Gasteiger partial charge on any atom is -0.369 e. The van der Waals surface area contributed by atoms with Crippen molar-refractivity contribution >= 4 is 33.3 Å². The molecule has 0 atom stereocenters. The molecule has 0 spiro atoms. The highest BCUT2D eigenvalue weighted by Crippen LogP contribution is 2.28. The van der Waals surface area contributed by atoms with Crippen molar-refractivity contribution in [2.45, 2.75) is 51.9 Å². The second-order valence-electron chi connectivity index (χ2n) is 6.39. The molecule has 2 aromatic rings. The highest BCUT2D eigenvalue weighted by molar-refractivity contribution is 7.18. The van der Waals surface area contributed by atoms with Crippen molar-refractivity contribution in [3.63, 3.8) is 0 Å². The van der Waals surface area contributed by atoms with Crippen molar-refractivity contribution in [3.8, 4) is 0 Å². The predicted octanol–water partition coefficient (Wildman–Crippen LogP) is 4.06. The summed E-state index contributed by atoms with van der Waals surface area (Å²) in [5, 5.41) is 7.35. The molecule has 0 saturated carbocycles. The monoisotopic (exact) mass is 358 g/mol. The molecule has 0 unspecified atom stereocenters. The molecule has 5 nitrogen and oxygen atoms in total. The Balaban J connectivity index is 1.42. The van der Waals surface area contributed by atoms with E-state index in [4.69, 9.17) is 0 Å². The first kappa shape index (κ1) is 17.9. The van der Waals surface area contributed by atoms with Crippen molar-refractivity contribution in [2.24, 2.45) is 0 Å². The van der Waals surface area contributed by atoms with Crippen LogP contribution in [0.2, 0.25) is 0 Å². The third-order valence-corrected chi connectivity index (χ3v) is 5.71. The molecule has 0 bridgehead atoms. The van der Waals surface area contributed by atoms with Gasteiger partial charge in [0.25, 0.3) is 0 Å². The maximum absolute atomic E-state index is 12.0. The molecule has 1 aliphatic carbocycles. The van der Waals surface area contributed by atoms with E-state index in [1.807, 2.05) is 0 Å². The molecule has 25 heavy (non-hydrogen) atoms. The third kappa shape index (κ3) is 5.01. The topological polar surface area (TPSA) is 66.9 Å². The summed E-state index contributed by atoms with van der Waals surface area (Å²) < 4.78 is 0. The molecule has 134 valence electrons. The average Bonchev–Trinajstić information content (AvgIpc) is 3.07. The minimum atomic E-state index is 0.0915. The standard InChI is InChI=1S/C19H26N4OS/c1-2-15-12-16-18(22-13-23-19(16)25-15)21-11-9-17(24)20-10-8-14-6-4-3-5-7-14/h6,12-13H,2-5,7-11H2,1H3,(H,20,24)(H,21,22,23). The predicted molar refractivity (Wildman–Crippen MR) is 104 cm³/mol. The molecule has 6 heteroatoms. The zero-order valence-corrected chi connectivity index (χ0v) is 15.6. The number of carbonyl (C=O) groups excluding carboxylic acids is 1. The third-order valence-electron chi connectivity index (χ3n) is 4.53. The number of fused-ring (bicyclic) bond motifs is 1. The molecule has 0 aromatic carbocycles. The first-order valence-electron chi connectivity index (χ1n) is 9.18. The van der Waals surface area contributed by atoms with Gasteiger partial charge in [-0.1, -0.05) is 18.6 Å². The summed E-state index contributed by atoms with van der Waals surface area (Å²) in [6.07, 6.45) is 11.3. The highest BCUT2D eigenvalue weighted by Gasteiger charge is 2.09. The number of amides is 1. The van der Waals surface area contributed by atoms with E-state index < -0.39 is 0 Å². The Morgan fingerprint density at radius 1 is 1.28 bits per heavy atom. The van der Waals surface area contributed by atoms with Crippen molar-refractivity contribution in [3.05, 3.63) is 28.9 Å². The van der Waals surface area contributed by atoms with E-state index in [2.05, 4.69) is 39.7 Å². The van der Waals surface area contributed by atoms with Crippen molar-refractivity contribution in [2.75, 3.05) is 18.4 Å². The molecule has 0 saturated heterocycles. The van der Waals surface area contributed by atoms with Gasteiger partial charge >= 0.3 is 0 Å². The van der Waals surface area contributed by atoms with Crippen LogP contribution in [0.5, 0.6) is 0 Å². The van der Waals surface area contributed by atoms with Crippen LogP contribution in [-0.4, -0.2) is 29.0 Å². The largest absolute Gasteiger partial charge is 0.369 e. The van der Waals surface area contributed by atoms with Crippen LogP contribution in [0, 0.1) is 0 Å². The molecule has 2 aromatic heterocycles. The molecular weight excluding hydrogens is 332 g/mol. The lowest BCUT2D eigenvalue weighted by atomic mass is 9.97. The molecule has 0 aliphatic heterocycles. The first-order valence-corrected chi connectivity index (χ1v) is 10.00. The van der Waals surface area contributed by atoms with Gasteiger partial charge in [-0.05, 0) is 44.6 Å². The summed E-state index contributed by atoms with van der Waals surface area (Å²) >= 11 is 1.70. The van der Waals surface area contributed by atoms with E-state index in [1.165, 1.54) is 36.1 Å². The summed E-state index contributed by atoms with van der Waals surface area (Å²) in [6.45, 7) is 3.46. The van der Waals surface area contributed by atoms with Gasteiger partial charge in [0.05, 0.1) is 5.39 Å². The van der Waals surface area contributed by atoms with E-state index in [9.17, 15) is 4.79 Å². The van der Waals surface area contributed by atoms with Gasteiger partial charge in [-0.25, -0.2) is 9.97 Å². The average molecular weight is 359 g/mol. The maximum atomic E-state index is 12.0. The van der Waals surface area contributed by atoms with Gasteiger partial charge in [-0.2, -0.15) is 0 Å². The Bertz CT molecular complexity index is 753. The zero-order valence-electron chi connectivity index (χ0n) is 14.8. The number of rotatable bonds is 8. The van der Waals surface area contributed by atoms with Gasteiger partial charge in [0.15, 0.2) is 0 Å². The second-order valence-corrected chi connectivity index (χ2v) is 7.51. The quantitative estimate of drug-likeness (QED) is 0.698. The van der Waals surface area contributed by atoms with Crippen LogP contribution in [0.3, 0.4) is 0 Å². The fraction of sp³-hybridized carbons (Fsp3) is 0.526. The van der Waals surface area contributed by atoms with Crippen molar-refractivity contribution in [1.29, 1.82) is 0 Å². The van der Waals surface area contributed by atoms with Crippen LogP contribution in [-0.2, 0) is 11.2 Å². The number of anilines is 1. The Labute approximate surface area is 153 Å². The molecule has 3 rings (SSSR count). The Morgan fingerprint density at radius 3 is 3.00 bits per heavy atom. The summed E-state index contributed by atoms with van der Waals surface area (Å²) in [4.78, 5) is 22.9. The molecule has 0 fully saturated rings. The Hall–Kier alpha value is -1.95. The van der Waals surface area contributed by atoms with Crippen LogP contribution in [0.1, 0.15) is 50.3 Å². The smallest absolute Gasteiger partial charge is 0.221 e. The summed E-state index contributed by atoms with van der Waals surface area (Å²) in [6, 6.07) is 2.14. The van der Waals surface area contributed by atoms with Crippen LogP contribution >= 0.6 is 11.3 Å². The van der Waals surface area contributed by atoms with E-state index in [1.54, 1.807) is 17.7 Å². The molecule has 0 radical (unpaired) electrons. The lowest BCUT2D eigenvalue weighted by Gasteiger charge is -2.13. The van der Waals surface area contributed by atoms with E-state index in [0.717, 1.165) is 35.4 Å². The second kappa shape index (κ2) is 8.94. The maximum Gasteiger partial charge on any atom is 0.221 e. The van der Waals surface area contributed by atoms with Crippen LogP contribution < -0.4 is 10.6 Å². The number of nitrogens with zero attached hydrogens (tertiary/aromatic N) is 2. The van der Waals surface area contributed by atoms with Gasteiger partial charge in [0.1, 0.15) is 17.0 Å². The van der Waals surface area contributed by atoms with Crippen LogP contribution in [0.4, 0.5) is 5.82 Å². The Kier molecular flexibility index (Phi) is 6.39. The Morgan fingerprint density at radius 2 is 2.20 bits per heavy atom. The van der Waals surface area contributed by atoms with Crippen molar-refractivity contribution in [1.82, 2.24) is 15.3 Å². The van der Waals surface area contributed by atoms with Gasteiger partial charge in [0, 0.05) is 24.4 Å². The number of aromatic nitrogens is 2. The number of hydrogen-bond donors (Lipinski definition) is 2. The number of aryl methyl sites for hydroxylation is 1. The molecule has 2 N–H and O–H groups in total. The minimum absolute atomic E-state index is 0.0915. The van der Waals surface area contributed by atoms with Crippen molar-refractivity contribution < 1.29 is 4.79 Å². The summed E-state index contributed by atoms with van der Waals surface area (Å²) in [5.41, 5.74) is 1.50. The molecule has 1 aliphatic rings. The van der Waals surface area contributed by atoms with Gasteiger partial charge in [-0.15, -0.1) is 11.3 Å². The van der Waals surface area contributed by atoms with E-state index in [0.29, 0.717) is 13.0 Å². The van der Waals surface area contributed by atoms with Gasteiger partial charge < -0.3 is 10.6 Å². The zero-order chi connectivity index (χ0) is 17.5. The van der Waals surface area contributed by atoms with Crippen LogP contribution in [0.15, 0.2) is 24.0 Å². The van der Waals surface area contributed by atoms with E-state index >= 15 is 0 Å². The fourth-order valence-electron chi connectivity index (χ4n) is 3.10. The molecule has 1 amide bonds. The number of thiophene rings is 1. The summed E-state index contributed by atoms with van der Waals surface area (Å²) in [5.74, 6) is 0.912. The normalized spacial score (nSPS) is 14.4. The molecule has 2 heterocycles. The first-order chi connectivity index (χ1) is 12.3. The number of nitrogens with one attached hydrogen (secondary N) is 2. The van der Waals surface area contributed by atoms with Gasteiger partial charge in [-0.3, -0.25) is 4.79 Å². The van der Waals surface area contributed by atoms with Crippen LogP contribution in [0.25, 0.3) is 10.2 Å². The van der Waals surface area contributed by atoms with Gasteiger partial charge in [0.2, 0.25) is 5.91 Å². The van der Waals surface area contributed by atoms with E-state index in [-0.39, 0.29) is 5.91 Å². The lowest BCUT2D eigenvalue weighted by molar-refractivity contribution is -0.120.